The first kappa shape index (κ1) is 14.0. The molecule has 0 bridgehead atoms. The summed E-state index contributed by atoms with van der Waals surface area (Å²) in [7, 11) is 0. The second-order valence-electron chi connectivity index (χ2n) is 4.95. The van der Waals surface area contributed by atoms with E-state index in [-0.39, 0.29) is 0 Å². The van der Waals surface area contributed by atoms with E-state index in [0.717, 1.165) is 33.3 Å². The molecule has 0 saturated heterocycles. The lowest BCUT2D eigenvalue weighted by Gasteiger charge is -2.09. The number of anilines is 2. The molecule has 0 aliphatic carbocycles. The van der Waals surface area contributed by atoms with Gasteiger partial charge in [0.25, 0.3) is 0 Å². The van der Waals surface area contributed by atoms with Crippen molar-refractivity contribution in [1.82, 2.24) is 9.97 Å². The van der Waals surface area contributed by atoms with Crippen molar-refractivity contribution in [2.45, 2.75) is 19.8 Å². The van der Waals surface area contributed by atoms with E-state index in [0.29, 0.717) is 0 Å². The normalized spacial score (nSPS) is 10.8. The SMILES string of the molecule is CCCc1ccc(Nc2ccnc3cc(Br)cnc23)cc1. The molecule has 2 heterocycles. The standard InChI is InChI=1S/C17H16BrN3/c1-2-3-12-4-6-14(7-5-12)21-15-8-9-19-16-10-13(18)11-20-17(15)16/h4-11H,2-3H2,1H3,(H,19,21). The highest BCUT2D eigenvalue weighted by molar-refractivity contribution is 9.10. The highest BCUT2D eigenvalue weighted by Crippen LogP contribution is 2.25. The van der Waals surface area contributed by atoms with Crippen molar-refractivity contribution in [1.29, 1.82) is 0 Å². The number of rotatable bonds is 4. The Hall–Kier alpha value is -1.94. The van der Waals surface area contributed by atoms with Gasteiger partial charge in [-0.3, -0.25) is 9.97 Å². The van der Waals surface area contributed by atoms with Crippen LogP contribution in [-0.4, -0.2) is 9.97 Å². The Kier molecular flexibility index (Phi) is 4.15. The second-order valence-corrected chi connectivity index (χ2v) is 5.87. The van der Waals surface area contributed by atoms with Gasteiger partial charge in [0.15, 0.2) is 0 Å². The maximum Gasteiger partial charge on any atom is 0.112 e. The molecule has 0 fully saturated rings. The summed E-state index contributed by atoms with van der Waals surface area (Å²) in [5, 5.41) is 3.42. The molecule has 4 heteroatoms. The van der Waals surface area contributed by atoms with E-state index in [2.05, 4.69) is 62.4 Å². The molecule has 3 nitrogen and oxygen atoms in total. The zero-order valence-electron chi connectivity index (χ0n) is 11.8. The van der Waals surface area contributed by atoms with Crippen LogP contribution in [0.3, 0.4) is 0 Å². The lowest BCUT2D eigenvalue weighted by molar-refractivity contribution is 0.922. The number of hydrogen-bond donors (Lipinski definition) is 1. The molecule has 3 aromatic rings. The van der Waals surface area contributed by atoms with E-state index < -0.39 is 0 Å². The number of halogens is 1. The van der Waals surface area contributed by atoms with Gasteiger partial charge in [-0.25, -0.2) is 0 Å². The first-order valence-corrected chi connectivity index (χ1v) is 7.82. The summed E-state index contributed by atoms with van der Waals surface area (Å²) in [6.07, 6.45) is 5.87. The monoisotopic (exact) mass is 341 g/mol. The fraction of sp³-hybridized carbons (Fsp3) is 0.176. The van der Waals surface area contributed by atoms with Crippen LogP contribution in [0.1, 0.15) is 18.9 Å². The number of benzene rings is 1. The van der Waals surface area contributed by atoms with Crippen LogP contribution in [0.15, 0.2) is 53.3 Å². The van der Waals surface area contributed by atoms with E-state index in [1.807, 2.05) is 12.1 Å². The molecule has 106 valence electrons. The Labute approximate surface area is 132 Å². The number of aromatic nitrogens is 2. The molecule has 0 aliphatic heterocycles. The molecule has 0 unspecified atom stereocenters. The maximum atomic E-state index is 4.45. The third kappa shape index (κ3) is 3.22. The highest BCUT2D eigenvalue weighted by atomic mass is 79.9. The smallest absolute Gasteiger partial charge is 0.112 e. The number of nitrogens with zero attached hydrogens (tertiary/aromatic N) is 2. The van der Waals surface area contributed by atoms with Crippen molar-refractivity contribution in [2.75, 3.05) is 5.32 Å². The maximum absolute atomic E-state index is 4.45. The number of pyridine rings is 2. The summed E-state index contributed by atoms with van der Waals surface area (Å²) < 4.78 is 0.934. The van der Waals surface area contributed by atoms with Gasteiger partial charge in [0.2, 0.25) is 0 Å². The molecule has 0 saturated carbocycles. The fourth-order valence-electron chi connectivity index (χ4n) is 2.31. The molecule has 2 aromatic heterocycles. The number of aryl methyl sites for hydroxylation is 1. The summed E-state index contributed by atoms with van der Waals surface area (Å²) in [4.78, 5) is 8.80. The number of hydrogen-bond acceptors (Lipinski definition) is 3. The predicted molar refractivity (Wildman–Crippen MR) is 91.0 cm³/mol. The number of fused-ring (bicyclic) bond motifs is 1. The van der Waals surface area contributed by atoms with Crippen molar-refractivity contribution in [3.8, 4) is 0 Å². The largest absolute Gasteiger partial charge is 0.354 e. The summed E-state index contributed by atoms with van der Waals surface area (Å²) in [5.74, 6) is 0. The van der Waals surface area contributed by atoms with Gasteiger partial charge in [-0.1, -0.05) is 25.5 Å². The van der Waals surface area contributed by atoms with E-state index in [4.69, 9.17) is 0 Å². The lowest BCUT2D eigenvalue weighted by atomic mass is 10.1. The highest BCUT2D eigenvalue weighted by Gasteiger charge is 2.04. The molecule has 0 amide bonds. The van der Waals surface area contributed by atoms with Crippen LogP contribution in [-0.2, 0) is 6.42 Å². The molecule has 0 spiro atoms. The summed E-state index contributed by atoms with van der Waals surface area (Å²) in [5.41, 5.74) is 5.14. The molecule has 21 heavy (non-hydrogen) atoms. The first-order chi connectivity index (χ1) is 10.3. The second kappa shape index (κ2) is 6.22. The minimum absolute atomic E-state index is 0.872. The van der Waals surface area contributed by atoms with E-state index >= 15 is 0 Å². The van der Waals surface area contributed by atoms with Gasteiger partial charge in [-0.2, -0.15) is 0 Å². The quantitative estimate of drug-likeness (QED) is 0.718. The van der Waals surface area contributed by atoms with E-state index in [9.17, 15) is 0 Å². The average Bonchev–Trinajstić information content (AvgIpc) is 2.49. The van der Waals surface area contributed by atoms with Crippen LogP contribution in [0, 0.1) is 0 Å². The van der Waals surface area contributed by atoms with E-state index in [1.54, 1.807) is 12.4 Å². The molecular formula is C17H16BrN3. The zero-order valence-corrected chi connectivity index (χ0v) is 13.4. The van der Waals surface area contributed by atoms with Crippen LogP contribution >= 0.6 is 15.9 Å². The van der Waals surface area contributed by atoms with Crippen LogP contribution in [0.5, 0.6) is 0 Å². The summed E-state index contributed by atoms with van der Waals surface area (Å²) in [6.45, 7) is 2.19. The molecule has 1 N–H and O–H groups in total. The Morgan fingerprint density at radius 3 is 2.67 bits per heavy atom. The molecule has 1 aromatic carbocycles. The molecular weight excluding hydrogens is 326 g/mol. The Bertz CT molecular complexity index is 754. The summed E-state index contributed by atoms with van der Waals surface area (Å²) in [6, 6.07) is 12.5. The van der Waals surface area contributed by atoms with Crippen LogP contribution in [0.4, 0.5) is 11.4 Å². The predicted octanol–water partition coefficient (Wildman–Crippen LogP) is 5.09. The summed E-state index contributed by atoms with van der Waals surface area (Å²) >= 11 is 3.42. The topological polar surface area (TPSA) is 37.8 Å². The van der Waals surface area contributed by atoms with Crippen molar-refractivity contribution in [2.24, 2.45) is 0 Å². The van der Waals surface area contributed by atoms with Crippen molar-refractivity contribution < 1.29 is 0 Å². The van der Waals surface area contributed by atoms with Gasteiger partial charge in [-0.05, 0) is 52.2 Å². The van der Waals surface area contributed by atoms with Crippen molar-refractivity contribution >= 4 is 38.3 Å². The van der Waals surface area contributed by atoms with Crippen LogP contribution < -0.4 is 5.32 Å². The third-order valence-corrected chi connectivity index (χ3v) is 3.75. The third-order valence-electron chi connectivity index (χ3n) is 3.32. The number of nitrogens with one attached hydrogen (secondary N) is 1. The fourth-order valence-corrected chi connectivity index (χ4v) is 2.62. The lowest BCUT2D eigenvalue weighted by Crippen LogP contribution is -1.94. The van der Waals surface area contributed by atoms with E-state index in [1.165, 1.54) is 12.0 Å². The Morgan fingerprint density at radius 1 is 1.10 bits per heavy atom. The Morgan fingerprint density at radius 2 is 1.90 bits per heavy atom. The van der Waals surface area contributed by atoms with Crippen molar-refractivity contribution in [3.63, 3.8) is 0 Å². The molecule has 3 rings (SSSR count). The average molecular weight is 342 g/mol. The van der Waals surface area contributed by atoms with Gasteiger partial charge in [0.1, 0.15) is 5.52 Å². The Balaban J connectivity index is 1.90. The minimum Gasteiger partial charge on any atom is -0.354 e. The van der Waals surface area contributed by atoms with Gasteiger partial charge < -0.3 is 5.32 Å². The van der Waals surface area contributed by atoms with Crippen LogP contribution in [0.2, 0.25) is 0 Å². The minimum atomic E-state index is 0.872. The van der Waals surface area contributed by atoms with Crippen molar-refractivity contribution in [3.05, 3.63) is 58.8 Å². The molecule has 0 radical (unpaired) electrons. The zero-order chi connectivity index (χ0) is 14.7. The molecule has 0 atom stereocenters. The van der Waals surface area contributed by atoms with Crippen LogP contribution in [0.25, 0.3) is 11.0 Å². The van der Waals surface area contributed by atoms with Gasteiger partial charge in [-0.15, -0.1) is 0 Å². The van der Waals surface area contributed by atoms with Gasteiger partial charge >= 0.3 is 0 Å². The van der Waals surface area contributed by atoms with Gasteiger partial charge in [0, 0.05) is 22.6 Å². The van der Waals surface area contributed by atoms with Gasteiger partial charge in [0.05, 0.1) is 11.2 Å². The first-order valence-electron chi connectivity index (χ1n) is 7.02. The molecule has 0 aliphatic rings.